The van der Waals surface area contributed by atoms with Gasteiger partial charge < -0.3 is 0 Å². The maximum absolute atomic E-state index is 15.5. The fourth-order valence-corrected chi connectivity index (χ4v) is 11.9. The molecule has 6 heteroatoms. The first kappa shape index (κ1) is 44.9. The molecule has 0 aromatic heterocycles. The summed E-state index contributed by atoms with van der Waals surface area (Å²) >= 11 is 0. The average molecular weight is 959 g/mol. The second-order valence-electron chi connectivity index (χ2n) is 19.8. The molecule has 2 heterocycles. The number of hydrogen-bond donors (Lipinski definition) is 0. The Hall–Kier alpha value is -9.00. The van der Waals surface area contributed by atoms with Crippen LogP contribution in [0.25, 0.3) is 87.6 Å². The first-order chi connectivity index (χ1) is 36.3. The number of carbonyl (C=O) groups is 4. The van der Waals surface area contributed by atoms with E-state index in [4.69, 9.17) is 0 Å². The second-order valence-corrected chi connectivity index (χ2v) is 19.8. The molecule has 2 aliphatic rings. The van der Waals surface area contributed by atoms with Gasteiger partial charge in [0.05, 0.1) is 11.4 Å². The summed E-state index contributed by atoms with van der Waals surface area (Å²) in [7, 11) is 0. The van der Waals surface area contributed by atoms with Crippen molar-refractivity contribution in [2.24, 2.45) is 0 Å². The lowest BCUT2D eigenvalue weighted by Crippen LogP contribution is -2.41. The molecule has 0 radical (unpaired) electrons. The molecule has 0 bridgehead atoms. The molecule has 74 heavy (non-hydrogen) atoms. The minimum Gasteiger partial charge on any atom is -0.268 e. The van der Waals surface area contributed by atoms with Gasteiger partial charge >= 0.3 is 0 Å². The van der Waals surface area contributed by atoms with Crippen molar-refractivity contribution in [3.05, 3.63) is 228 Å². The summed E-state index contributed by atoms with van der Waals surface area (Å²) in [5, 5.41) is 6.17. The van der Waals surface area contributed by atoms with Gasteiger partial charge in [-0.2, -0.15) is 0 Å². The quantitative estimate of drug-likeness (QED) is 0.0694. The van der Waals surface area contributed by atoms with Crippen molar-refractivity contribution in [3.8, 4) is 44.5 Å². The van der Waals surface area contributed by atoms with Crippen LogP contribution in [0, 0.1) is 0 Å². The minimum absolute atomic E-state index is 0.391. The Morgan fingerprint density at radius 1 is 0.297 bits per heavy atom. The number of amides is 4. The maximum Gasteiger partial charge on any atom is 0.266 e. The van der Waals surface area contributed by atoms with E-state index in [1.165, 1.54) is 9.80 Å². The van der Waals surface area contributed by atoms with E-state index in [9.17, 15) is 0 Å². The zero-order valence-corrected chi connectivity index (χ0v) is 41.2. The average Bonchev–Trinajstić information content (AvgIpc) is 3.45. The Labute approximate surface area is 429 Å². The standard InChI is InChI=1S/C68H50N2O4/c1-3-5-19-41-37-55(43-21-11-7-12-22-43)63(56(38-41)44-23-13-8-14-24-44)69-65(71)51-33-29-47-49-31-35-53-62-54(36-32-50(60(49)62)48-30-34-52(66(69)72)61(51)59(47)48)68(74)70(67(53)73)64-57(45-25-15-9-16-26-45)39-42(20-6-4-2)40-58(64)46-27-17-10-18-28-46/h7-18,21-40H,3-6,19-20H2,1-2H3. The highest BCUT2D eigenvalue weighted by atomic mass is 16.2. The van der Waals surface area contributed by atoms with Crippen LogP contribution in [-0.2, 0) is 12.8 Å². The highest BCUT2D eigenvalue weighted by Gasteiger charge is 2.41. The molecule has 4 amide bonds. The Morgan fingerprint density at radius 3 is 0.797 bits per heavy atom. The highest BCUT2D eigenvalue weighted by Crippen LogP contribution is 2.51. The summed E-state index contributed by atoms with van der Waals surface area (Å²) in [6, 6.07) is 64.1. The molecule has 0 saturated carbocycles. The molecule has 0 fully saturated rings. The van der Waals surface area contributed by atoms with Crippen molar-refractivity contribution < 1.29 is 19.2 Å². The van der Waals surface area contributed by atoms with E-state index in [1.807, 2.05) is 170 Å². The van der Waals surface area contributed by atoms with Crippen LogP contribution < -0.4 is 9.80 Å². The highest BCUT2D eigenvalue weighted by molar-refractivity contribution is 6.46. The van der Waals surface area contributed by atoms with Crippen molar-refractivity contribution >= 4 is 78.1 Å². The van der Waals surface area contributed by atoms with Gasteiger partial charge in [0.2, 0.25) is 0 Å². The Morgan fingerprint density at radius 2 is 0.554 bits per heavy atom. The van der Waals surface area contributed by atoms with Gasteiger partial charge in [-0.05, 0) is 140 Å². The van der Waals surface area contributed by atoms with Gasteiger partial charge in [-0.25, -0.2) is 9.80 Å². The Bertz CT molecular complexity index is 3600. The van der Waals surface area contributed by atoms with Crippen molar-refractivity contribution in [3.63, 3.8) is 0 Å². The molecule has 0 aliphatic carbocycles. The van der Waals surface area contributed by atoms with Crippen molar-refractivity contribution in [2.75, 3.05) is 9.80 Å². The number of nitrogens with zero attached hydrogens (tertiary/aromatic N) is 2. The molecular weight excluding hydrogens is 909 g/mol. The lowest BCUT2D eigenvalue weighted by molar-refractivity contribution is 0.0878. The fraction of sp³-hybridized carbons (Fsp3) is 0.118. The van der Waals surface area contributed by atoms with E-state index in [0.29, 0.717) is 44.4 Å². The van der Waals surface area contributed by atoms with Gasteiger partial charge in [-0.15, -0.1) is 0 Å². The Balaban J connectivity index is 0.991. The van der Waals surface area contributed by atoms with E-state index in [2.05, 4.69) is 38.1 Å². The largest absolute Gasteiger partial charge is 0.268 e. The molecule has 0 saturated heterocycles. The van der Waals surface area contributed by atoms with Crippen LogP contribution in [0.15, 0.2) is 194 Å². The number of hydrogen-bond acceptors (Lipinski definition) is 4. The van der Waals surface area contributed by atoms with Crippen LogP contribution in [0.5, 0.6) is 0 Å². The molecule has 6 nitrogen and oxygen atoms in total. The van der Waals surface area contributed by atoms with Crippen LogP contribution in [0.4, 0.5) is 11.4 Å². The van der Waals surface area contributed by atoms with Crippen molar-refractivity contribution in [2.45, 2.75) is 52.4 Å². The van der Waals surface area contributed by atoms with Gasteiger partial charge in [-0.1, -0.05) is 172 Å². The number of carbonyl (C=O) groups excluding carboxylic acids is 4. The molecule has 0 atom stereocenters. The summed E-state index contributed by atoms with van der Waals surface area (Å²) < 4.78 is 0. The summed E-state index contributed by atoms with van der Waals surface area (Å²) in [5.41, 5.74) is 12.1. The first-order valence-electron chi connectivity index (χ1n) is 25.9. The van der Waals surface area contributed by atoms with E-state index in [0.717, 1.165) is 126 Å². The maximum atomic E-state index is 15.5. The van der Waals surface area contributed by atoms with Crippen LogP contribution in [0.3, 0.4) is 0 Å². The minimum atomic E-state index is -0.391. The fourth-order valence-electron chi connectivity index (χ4n) is 11.9. The third kappa shape index (κ3) is 6.93. The number of fused-ring (bicyclic) bond motifs is 2. The summed E-state index contributed by atoms with van der Waals surface area (Å²) in [6.07, 6.45) is 5.81. The number of imide groups is 2. The summed E-state index contributed by atoms with van der Waals surface area (Å²) in [4.78, 5) is 64.7. The van der Waals surface area contributed by atoms with Crippen LogP contribution in [0.1, 0.15) is 92.1 Å². The SMILES string of the molecule is CCCCc1cc(-c2ccccc2)c(N2C(=O)c3ccc4c5ccc6c7c(ccc(c8ccc(c3c48)C2=O)c75)C(=O)N(c2c(-c3ccccc3)cc(CCCC)cc2-c2ccccc2)C6=O)c(-c2ccccc2)c1. The van der Waals surface area contributed by atoms with Crippen molar-refractivity contribution in [1.29, 1.82) is 0 Å². The van der Waals surface area contributed by atoms with Gasteiger partial charge in [0, 0.05) is 55.3 Å². The van der Waals surface area contributed by atoms with E-state index < -0.39 is 23.6 Å². The molecule has 0 unspecified atom stereocenters. The molecule has 0 N–H and O–H groups in total. The van der Waals surface area contributed by atoms with E-state index in [1.54, 1.807) is 0 Å². The zero-order chi connectivity index (χ0) is 50.2. The van der Waals surface area contributed by atoms with Crippen LogP contribution >= 0.6 is 0 Å². The summed E-state index contributed by atoms with van der Waals surface area (Å²) in [5.74, 6) is -1.57. The third-order valence-corrected chi connectivity index (χ3v) is 15.4. The number of aryl methyl sites for hydroxylation is 2. The normalized spacial score (nSPS) is 13.4. The van der Waals surface area contributed by atoms with Gasteiger partial charge in [0.15, 0.2) is 0 Å². The van der Waals surface area contributed by atoms with Gasteiger partial charge in [0.1, 0.15) is 0 Å². The second kappa shape index (κ2) is 17.9. The van der Waals surface area contributed by atoms with Gasteiger partial charge in [0.25, 0.3) is 23.6 Å². The van der Waals surface area contributed by atoms with Crippen LogP contribution in [-0.4, -0.2) is 23.6 Å². The molecule has 13 rings (SSSR count). The smallest absolute Gasteiger partial charge is 0.266 e. The van der Waals surface area contributed by atoms with E-state index >= 15 is 19.2 Å². The third-order valence-electron chi connectivity index (χ3n) is 15.4. The predicted octanol–water partition coefficient (Wildman–Crippen LogP) is 16.7. The lowest BCUT2D eigenvalue weighted by atomic mass is 9.81. The molecule has 0 spiro atoms. The number of anilines is 2. The van der Waals surface area contributed by atoms with Crippen molar-refractivity contribution in [1.82, 2.24) is 0 Å². The zero-order valence-electron chi connectivity index (χ0n) is 41.2. The molecule has 356 valence electrons. The summed E-state index contributed by atoms with van der Waals surface area (Å²) in [6.45, 7) is 4.36. The predicted molar refractivity (Wildman–Crippen MR) is 302 cm³/mol. The molecule has 2 aliphatic heterocycles. The monoisotopic (exact) mass is 958 g/mol. The number of unbranched alkanes of at least 4 members (excludes halogenated alkanes) is 2. The molecule has 11 aromatic carbocycles. The Kier molecular flexibility index (Phi) is 10.9. The topological polar surface area (TPSA) is 74.8 Å². The number of rotatable bonds is 12. The lowest BCUT2D eigenvalue weighted by Gasteiger charge is -2.33. The van der Waals surface area contributed by atoms with E-state index in [-0.39, 0.29) is 0 Å². The van der Waals surface area contributed by atoms with Crippen LogP contribution in [0.2, 0.25) is 0 Å². The molecule has 11 aromatic rings. The molecular formula is C68H50N2O4. The van der Waals surface area contributed by atoms with Gasteiger partial charge in [-0.3, -0.25) is 19.2 Å². The first-order valence-corrected chi connectivity index (χ1v) is 25.9. The number of benzene rings is 11.